The topological polar surface area (TPSA) is 63.4 Å². The molecule has 1 heterocycles. The van der Waals surface area contributed by atoms with Gasteiger partial charge in [-0.05, 0) is 43.5 Å². The Bertz CT molecular complexity index is 533. The van der Waals surface area contributed by atoms with Crippen molar-refractivity contribution in [2.45, 2.75) is 40.0 Å². The van der Waals surface area contributed by atoms with Crippen LogP contribution >= 0.6 is 0 Å². The lowest BCUT2D eigenvalue weighted by Crippen LogP contribution is -2.35. The SMILES string of the molecule is CCC1(CC)CC(=O)N(c2ccc(N)c(C)c2)C1=O. The van der Waals surface area contributed by atoms with Gasteiger partial charge in [0, 0.05) is 12.1 Å². The van der Waals surface area contributed by atoms with Crippen LogP contribution in [0.1, 0.15) is 38.7 Å². The fourth-order valence-electron chi connectivity index (χ4n) is 2.66. The molecule has 0 bridgehead atoms. The molecule has 0 aromatic heterocycles. The summed E-state index contributed by atoms with van der Waals surface area (Å²) in [7, 11) is 0. The van der Waals surface area contributed by atoms with Crippen LogP contribution < -0.4 is 10.6 Å². The van der Waals surface area contributed by atoms with E-state index in [9.17, 15) is 9.59 Å². The summed E-state index contributed by atoms with van der Waals surface area (Å²) in [6.07, 6.45) is 1.69. The first-order valence-electron chi connectivity index (χ1n) is 6.68. The van der Waals surface area contributed by atoms with E-state index in [1.54, 1.807) is 18.2 Å². The average molecular weight is 260 g/mol. The van der Waals surface area contributed by atoms with Gasteiger partial charge in [0.25, 0.3) is 0 Å². The Kier molecular flexibility index (Phi) is 3.35. The van der Waals surface area contributed by atoms with Gasteiger partial charge in [-0.1, -0.05) is 13.8 Å². The van der Waals surface area contributed by atoms with Crippen molar-refractivity contribution in [3.63, 3.8) is 0 Å². The van der Waals surface area contributed by atoms with Crippen LogP contribution in [0.5, 0.6) is 0 Å². The highest BCUT2D eigenvalue weighted by Crippen LogP contribution is 2.41. The van der Waals surface area contributed by atoms with Crippen molar-refractivity contribution in [2.75, 3.05) is 10.6 Å². The number of amides is 2. The van der Waals surface area contributed by atoms with Crippen LogP contribution in [-0.2, 0) is 9.59 Å². The second kappa shape index (κ2) is 4.68. The number of hydrogen-bond donors (Lipinski definition) is 1. The lowest BCUT2D eigenvalue weighted by Gasteiger charge is -2.23. The zero-order valence-corrected chi connectivity index (χ0v) is 11.7. The number of aryl methyl sites for hydroxylation is 1. The normalized spacial score (nSPS) is 18.2. The molecule has 2 rings (SSSR count). The number of rotatable bonds is 3. The number of carbonyl (C=O) groups is 2. The van der Waals surface area contributed by atoms with E-state index in [-0.39, 0.29) is 11.8 Å². The minimum absolute atomic E-state index is 0.0772. The molecule has 1 fully saturated rings. The Morgan fingerprint density at radius 3 is 2.37 bits per heavy atom. The van der Waals surface area contributed by atoms with E-state index >= 15 is 0 Å². The lowest BCUT2D eigenvalue weighted by molar-refractivity contribution is -0.126. The number of benzene rings is 1. The highest BCUT2D eigenvalue weighted by atomic mass is 16.2. The Morgan fingerprint density at radius 1 is 1.26 bits per heavy atom. The van der Waals surface area contributed by atoms with Gasteiger partial charge in [-0.3, -0.25) is 14.5 Å². The molecule has 2 amide bonds. The molecule has 2 N–H and O–H groups in total. The van der Waals surface area contributed by atoms with Crippen LogP contribution in [-0.4, -0.2) is 11.8 Å². The third kappa shape index (κ3) is 2.01. The molecule has 19 heavy (non-hydrogen) atoms. The van der Waals surface area contributed by atoms with E-state index < -0.39 is 5.41 Å². The van der Waals surface area contributed by atoms with Gasteiger partial charge >= 0.3 is 0 Å². The molecular formula is C15H20N2O2. The smallest absolute Gasteiger partial charge is 0.240 e. The van der Waals surface area contributed by atoms with Crippen molar-refractivity contribution >= 4 is 23.2 Å². The zero-order chi connectivity index (χ0) is 14.2. The summed E-state index contributed by atoms with van der Waals surface area (Å²) in [5.74, 6) is -0.190. The van der Waals surface area contributed by atoms with E-state index in [4.69, 9.17) is 5.73 Å². The molecule has 4 nitrogen and oxygen atoms in total. The van der Waals surface area contributed by atoms with Crippen LogP contribution in [0.4, 0.5) is 11.4 Å². The van der Waals surface area contributed by atoms with Gasteiger partial charge < -0.3 is 5.73 Å². The molecule has 1 saturated heterocycles. The first-order chi connectivity index (χ1) is 8.95. The molecular weight excluding hydrogens is 240 g/mol. The molecule has 1 aromatic carbocycles. The number of imide groups is 1. The number of anilines is 2. The van der Waals surface area contributed by atoms with Gasteiger partial charge in [0.2, 0.25) is 11.8 Å². The van der Waals surface area contributed by atoms with Gasteiger partial charge in [0.15, 0.2) is 0 Å². The molecule has 102 valence electrons. The van der Waals surface area contributed by atoms with Crippen LogP contribution in [0, 0.1) is 12.3 Å². The number of carbonyl (C=O) groups excluding carboxylic acids is 2. The van der Waals surface area contributed by atoms with E-state index in [1.165, 1.54) is 4.90 Å². The third-order valence-corrected chi connectivity index (χ3v) is 4.26. The molecule has 1 aliphatic heterocycles. The van der Waals surface area contributed by atoms with Crippen LogP contribution in [0.25, 0.3) is 0 Å². The second-order valence-corrected chi connectivity index (χ2v) is 5.24. The number of nitrogens with zero attached hydrogens (tertiary/aromatic N) is 1. The quantitative estimate of drug-likeness (QED) is 0.671. The maximum absolute atomic E-state index is 12.6. The fraction of sp³-hybridized carbons (Fsp3) is 0.467. The number of hydrogen-bond acceptors (Lipinski definition) is 3. The zero-order valence-electron chi connectivity index (χ0n) is 11.7. The van der Waals surface area contributed by atoms with Gasteiger partial charge in [0.05, 0.1) is 11.1 Å². The summed E-state index contributed by atoms with van der Waals surface area (Å²) in [6, 6.07) is 5.27. The first kappa shape index (κ1) is 13.6. The minimum Gasteiger partial charge on any atom is -0.399 e. The largest absolute Gasteiger partial charge is 0.399 e. The van der Waals surface area contributed by atoms with Gasteiger partial charge in [0.1, 0.15) is 0 Å². The first-order valence-corrected chi connectivity index (χ1v) is 6.68. The summed E-state index contributed by atoms with van der Waals surface area (Å²) in [6.45, 7) is 5.80. The highest BCUT2D eigenvalue weighted by molar-refractivity contribution is 6.22. The number of nitrogens with two attached hydrogens (primary N) is 1. The van der Waals surface area contributed by atoms with E-state index in [0.717, 1.165) is 5.56 Å². The lowest BCUT2D eigenvalue weighted by atomic mass is 9.81. The summed E-state index contributed by atoms with van der Waals surface area (Å²) in [5, 5.41) is 0. The summed E-state index contributed by atoms with van der Waals surface area (Å²) in [4.78, 5) is 26.1. The molecule has 0 atom stereocenters. The minimum atomic E-state index is -0.521. The Balaban J connectivity index is 2.43. The van der Waals surface area contributed by atoms with Gasteiger partial charge in [-0.15, -0.1) is 0 Å². The van der Waals surface area contributed by atoms with Crippen molar-refractivity contribution in [3.8, 4) is 0 Å². The summed E-state index contributed by atoms with van der Waals surface area (Å²) < 4.78 is 0. The van der Waals surface area contributed by atoms with Crippen LogP contribution in [0.3, 0.4) is 0 Å². The molecule has 0 aliphatic carbocycles. The molecule has 0 spiro atoms. The Morgan fingerprint density at radius 2 is 1.89 bits per heavy atom. The standard InChI is InChI=1S/C15H20N2O2/c1-4-15(5-2)9-13(18)17(14(15)19)11-6-7-12(16)10(3)8-11/h6-8H,4-5,9,16H2,1-3H3. The van der Waals surface area contributed by atoms with Crippen molar-refractivity contribution in [2.24, 2.45) is 5.41 Å². The maximum atomic E-state index is 12.6. The molecule has 1 aliphatic rings. The molecule has 1 aromatic rings. The van der Waals surface area contributed by atoms with Crippen molar-refractivity contribution in [3.05, 3.63) is 23.8 Å². The van der Waals surface area contributed by atoms with Crippen molar-refractivity contribution in [1.82, 2.24) is 0 Å². The summed E-state index contributed by atoms with van der Waals surface area (Å²) in [5.41, 5.74) is 7.43. The van der Waals surface area contributed by atoms with Crippen LogP contribution in [0.2, 0.25) is 0 Å². The molecule has 0 radical (unpaired) electrons. The fourth-order valence-corrected chi connectivity index (χ4v) is 2.66. The second-order valence-electron chi connectivity index (χ2n) is 5.24. The Labute approximate surface area is 113 Å². The Hall–Kier alpha value is -1.84. The number of nitrogen functional groups attached to an aromatic ring is 1. The van der Waals surface area contributed by atoms with E-state index in [1.807, 2.05) is 20.8 Å². The molecule has 4 heteroatoms. The van der Waals surface area contributed by atoms with Crippen LogP contribution in [0.15, 0.2) is 18.2 Å². The predicted octanol–water partition coefficient (Wildman–Crippen LogP) is 2.65. The van der Waals surface area contributed by atoms with E-state index in [0.29, 0.717) is 30.6 Å². The van der Waals surface area contributed by atoms with Gasteiger partial charge in [-0.25, -0.2) is 0 Å². The third-order valence-electron chi connectivity index (χ3n) is 4.26. The van der Waals surface area contributed by atoms with Gasteiger partial charge in [-0.2, -0.15) is 0 Å². The predicted molar refractivity (Wildman–Crippen MR) is 75.7 cm³/mol. The molecule has 0 unspecified atom stereocenters. The molecule has 0 saturated carbocycles. The monoisotopic (exact) mass is 260 g/mol. The summed E-state index contributed by atoms with van der Waals surface area (Å²) >= 11 is 0. The highest BCUT2D eigenvalue weighted by Gasteiger charge is 2.49. The maximum Gasteiger partial charge on any atom is 0.240 e. The van der Waals surface area contributed by atoms with E-state index in [2.05, 4.69) is 0 Å². The van der Waals surface area contributed by atoms with Crippen molar-refractivity contribution in [1.29, 1.82) is 0 Å². The average Bonchev–Trinajstić information content (AvgIpc) is 2.65. The van der Waals surface area contributed by atoms with Crippen molar-refractivity contribution < 1.29 is 9.59 Å².